The second kappa shape index (κ2) is 21.4. The van der Waals surface area contributed by atoms with Crippen LogP contribution >= 0.6 is 0 Å². The van der Waals surface area contributed by atoms with E-state index in [0.717, 1.165) is 40.9 Å². The molecule has 0 aliphatic rings. The summed E-state index contributed by atoms with van der Waals surface area (Å²) in [6.07, 6.45) is 23.6. The minimum Gasteiger partial charge on any atom is -0.506 e. The maximum absolute atomic E-state index is 11.7. The molecule has 0 fully saturated rings. The Balaban J connectivity index is 0.000000661. The lowest BCUT2D eigenvalue weighted by atomic mass is 9.97. The maximum atomic E-state index is 11.7. The number of aromatic hydroxyl groups is 1. The molecule has 0 unspecified atom stereocenters. The van der Waals surface area contributed by atoms with Gasteiger partial charge in [-0.3, -0.25) is 4.98 Å². The third-order valence-electron chi connectivity index (χ3n) is 7.70. The van der Waals surface area contributed by atoms with Gasteiger partial charge >= 0.3 is 5.97 Å². The number of carboxylic acid groups (broad SMARTS) is 1. The number of nitrogens with one attached hydrogen (secondary N) is 1. The van der Waals surface area contributed by atoms with Crippen LogP contribution in [0.3, 0.4) is 0 Å². The molecule has 0 aliphatic carbocycles. The zero-order valence-corrected chi connectivity index (χ0v) is 26.3. The van der Waals surface area contributed by atoms with Crippen molar-refractivity contribution < 1.29 is 15.0 Å². The molecule has 3 rings (SSSR count). The summed E-state index contributed by atoms with van der Waals surface area (Å²) in [7, 11) is 0. The van der Waals surface area contributed by atoms with E-state index >= 15 is 0 Å². The van der Waals surface area contributed by atoms with Crippen LogP contribution in [0.25, 0.3) is 11.1 Å². The van der Waals surface area contributed by atoms with Crippen LogP contribution in [0.2, 0.25) is 0 Å². The fourth-order valence-corrected chi connectivity index (χ4v) is 5.08. The number of aromatic carboxylic acids is 1. The largest absolute Gasteiger partial charge is 0.506 e. The minimum absolute atomic E-state index is 0.257. The molecule has 3 aromatic rings. The van der Waals surface area contributed by atoms with Crippen LogP contribution in [0.4, 0.5) is 5.69 Å². The zero-order valence-electron chi connectivity index (χ0n) is 26.3. The molecule has 42 heavy (non-hydrogen) atoms. The average Bonchev–Trinajstić information content (AvgIpc) is 2.98. The van der Waals surface area contributed by atoms with E-state index in [1.165, 1.54) is 96.1 Å². The number of hydrogen-bond acceptors (Lipinski definition) is 4. The van der Waals surface area contributed by atoms with Crippen LogP contribution in [0.15, 0.2) is 60.9 Å². The Morgan fingerprint density at radius 1 is 0.762 bits per heavy atom. The Kier molecular flexibility index (Phi) is 17.7. The number of carbonyl (C=O) groups is 1. The van der Waals surface area contributed by atoms with E-state index in [1.807, 2.05) is 50.2 Å². The molecule has 5 nitrogen and oxygen atoms in total. The molecule has 0 saturated carbocycles. The lowest BCUT2D eigenvalue weighted by Crippen LogP contribution is -2.04. The zero-order chi connectivity index (χ0) is 30.4. The number of nitrogens with zero attached hydrogens (tertiary/aromatic N) is 1. The predicted molar refractivity (Wildman–Crippen MR) is 178 cm³/mol. The van der Waals surface area contributed by atoms with Crippen LogP contribution in [0.1, 0.15) is 125 Å². The van der Waals surface area contributed by atoms with Crippen LogP contribution < -0.4 is 5.32 Å². The molecular weight excluding hydrogens is 520 g/mol. The second-order valence-corrected chi connectivity index (χ2v) is 11.5. The monoisotopic (exact) mass is 574 g/mol. The van der Waals surface area contributed by atoms with Gasteiger partial charge in [0.2, 0.25) is 0 Å². The Labute approximate surface area is 254 Å². The van der Waals surface area contributed by atoms with Gasteiger partial charge in [0.25, 0.3) is 0 Å². The first-order valence-electron chi connectivity index (χ1n) is 16.2. The molecule has 1 aromatic heterocycles. The number of hydrogen-bond donors (Lipinski definition) is 3. The SMILES string of the molecule is CCCCCCCCCCCCCCCCCNc1ccc(C(=O)O)c(-c2cccc(C)c2)c1.Cc1ccncc1O. The smallest absolute Gasteiger partial charge is 0.336 e. The summed E-state index contributed by atoms with van der Waals surface area (Å²) in [4.78, 5) is 15.4. The molecule has 0 radical (unpaired) electrons. The summed E-state index contributed by atoms with van der Waals surface area (Å²) in [5, 5.41) is 21.9. The normalized spacial score (nSPS) is 10.6. The molecule has 5 heteroatoms. The van der Waals surface area contributed by atoms with Crippen LogP contribution in [-0.4, -0.2) is 27.7 Å². The Hall–Kier alpha value is -3.34. The lowest BCUT2D eigenvalue weighted by Gasteiger charge is -2.12. The van der Waals surface area contributed by atoms with Crippen molar-refractivity contribution in [2.75, 3.05) is 11.9 Å². The Bertz CT molecular complexity index is 1140. The van der Waals surface area contributed by atoms with E-state index in [4.69, 9.17) is 5.11 Å². The van der Waals surface area contributed by atoms with Crippen molar-refractivity contribution in [3.05, 3.63) is 77.6 Å². The topological polar surface area (TPSA) is 82.5 Å². The minimum atomic E-state index is -0.884. The molecule has 3 N–H and O–H groups in total. The molecule has 0 saturated heterocycles. The van der Waals surface area contributed by atoms with E-state index < -0.39 is 5.97 Å². The maximum Gasteiger partial charge on any atom is 0.336 e. The third-order valence-corrected chi connectivity index (χ3v) is 7.70. The number of carboxylic acids is 1. The van der Waals surface area contributed by atoms with Crippen molar-refractivity contribution in [2.24, 2.45) is 0 Å². The Morgan fingerprint density at radius 3 is 1.86 bits per heavy atom. The van der Waals surface area contributed by atoms with Crippen LogP contribution in [0, 0.1) is 13.8 Å². The molecule has 1 heterocycles. The number of rotatable bonds is 19. The van der Waals surface area contributed by atoms with Gasteiger partial charge in [-0.25, -0.2) is 4.79 Å². The molecule has 0 bridgehead atoms. The number of benzene rings is 2. The van der Waals surface area contributed by atoms with E-state index in [1.54, 1.807) is 18.3 Å². The van der Waals surface area contributed by atoms with Crippen molar-refractivity contribution in [3.63, 3.8) is 0 Å². The van der Waals surface area contributed by atoms with Gasteiger partial charge in [0.1, 0.15) is 5.75 Å². The summed E-state index contributed by atoms with van der Waals surface area (Å²) in [6.45, 7) is 7.07. The first-order chi connectivity index (χ1) is 20.4. The fourth-order valence-electron chi connectivity index (χ4n) is 5.08. The summed E-state index contributed by atoms with van der Waals surface area (Å²) < 4.78 is 0. The molecule has 0 amide bonds. The van der Waals surface area contributed by atoms with Gasteiger partial charge < -0.3 is 15.5 Å². The number of pyridine rings is 1. The molecule has 0 spiro atoms. The van der Waals surface area contributed by atoms with E-state index in [9.17, 15) is 9.90 Å². The first kappa shape index (κ1) is 34.9. The number of aryl methyl sites for hydroxylation is 2. The van der Waals surface area contributed by atoms with Crippen LogP contribution in [0.5, 0.6) is 5.75 Å². The molecule has 0 aliphatic heterocycles. The highest BCUT2D eigenvalue weighted by Gasteiger charge is 2.12. The van der Waals surface area contributed by atoms with Gasteiger partial charge in [0, 0.05) is 18.4 Å². The van der Waals surface area contributed by atoms with Crippen molar-refractivity contribution in [3.8, 4) is 16.9 Å². The van der Waals surface area contributed by atoms with Crippen molar-refractivity contribution in [2.45, 2.75) is 117 Å². The van der Waals surface area contributed by atoms with Crippen molar-refractivity contribution in [1.82, 2.24) is 4.98 Å². The number of anilines is 1. The Morgan fingerprint density at radius 2 is 1.36 bits per heavy atom. The predicted octanol–water partition coefficient (Wildman–Crippen LogP) is 10.7. The third kappa shape index (κ3) is 14.5. The lowest BCUT2D eigenvalue weighted by molar-refractivity contribution is 0.0697. The summed E-state index contributed by atoms with van der Waals surface area (Å²) in [5.41, 5.74) is 5.06. The summed E-state index contributed by atoms with van der Waals surface area (Å²) in [5.74, 6) is -0.627. The average molecular weight is 575 g/mol. The highest BCUT2D eigenvalue weighted by molar-refractivity contribution is 5.97. The molecule has 230 valence electrons. The fraction of sp³-hybridized carbons (Fsp3) is 0.514. The highest BCUT2D eigenvalue weighted by atomic mass is 16.4. The number of aromatic nitrogens is 1. The molecule has 2 aromatic carbocycles. The van der Waals surface area contributed by atoms with Crippen molar-refractivity contribution >= 4 is 11.7 Å². The summed E-state index contributed by atoms with van der Waals surface area (Å²) in [6, 6.07) is 15.4. The van der Waals surface area contributed by atoms with Gasteiger partial charge in [-0.15, -0.1) is 0 Å². The van der Waals surface area contributed by atoms with Gasteiger partial charge in [-0.1, -0.05) is 127 Å². The van der Waals surface area contributed by atoms with Gasteiger partial charge in [0.05, 0.1) is 11.8 Å². The molecular formula is C37H54N2O3. The standard InChI is InChI=1S/C31H47NO2.C6H7NO/c1-3-4-5-6-7-8-9-10-11-12-13-14-15-16-17-23-32-28-21-22-29(31(33)34)30(25-28)27-20-18-19-26(2)24-27;1-5-2-3-7-4-6(5)8/h18-22,24-25,32H,3-17,23H2,1-2H3,(H,33,34);2-4,8H,1H3. The summed E-state index contributed by atoms with van der Waals surface area (Å²) >= 11 is 0. The number of unbranched alkanes of at least 4 members (excludes halogenated alkanes) is 14. The van der Waals surface area contributed by atoms with Crippen molar-refractivity contribution in [1.29, 1.82) is 0 Å². The van der Waals surface area contributed by atoms with E-state index in [2.05, 4.69) is 17.2 Å². The second-order valence-electron chi connectivity index (χ2n) is 11.5. The van der Waals surface area contributed by atoms with E-state index in [0.29, 0.717) is 5.56 Å². The van der Waals surface area contributed by atoms with Gasteiger partial charge in [-0.05, 0) is 61.2 Å². The van der Waals surface area contributed by atoms with E-state index in [-0.39, 0.29) is 5.75 Å². The van der Waals surface area contributed by atoms with Gasteiger partial charge in [0.15, 0.2) is 0 Å². The first-order valence-corrected chi connectivity index (χ1v) is 16.2. The quantitative estimate of drug-likeness (QED) is 0.124. The molecule has 0 atom stereocenters. The van der Waals surface area contributed by atoms with Gasteiger partial charge in [-0.2, -0.15) is 0 Å². The highest BCUT2D eigenvalue weighted by Crippen LogP contribution is 2.28. The van der Waals surface area contributed by atoms with Crippen LogP contribution in [-0.2, 0) is 0 Å².